The molecule has 0 aromatic heterocycles. The average molecular weight is 296 g/mol. The van der Waals surface area contributed by atoms with E-state index in [1.807, 2.05) is 6.92 Å². The zero-order valence-corrected chi connectivity index (χ0v) is 11.2. The SMILES string of the molecule is CS(=O)(=O)O.Cc1ccc(S(=O)(=O)O)cc1.N#N. The Morgan fingerprint density at radius 1 is 0.944 bits per heavy atom. The summed E-state index contributed by atoms with van der Waals surface area (Å²) >= 11 is 0. The van der Waals surface area contributed by atoms with Crippen LogP contribution in [-0.4, -0.2) is 32.2 Å². The highest BCUT2D eigenvalue weighted by Gasteiger charge is 2.06. The summed E-state index contributed by atoms with van der Waals surface area (Å²) < 4.78 is 55.4. The van der Waals surface area contributed by atoms with Gasteiger partial charge < -0.3 is 0 Å². The van der Waals surface area contributed by atoms with Gasteiger partial charge in [0.15, 0.2) is 0 Å². The fourth-order valence-corrected chi connectivity index (χ4v) is 1.19. The van der Waals surface area contributed by atoms with Crippen molar-refractivity contribution in [1.82, 2.24) is 0 Å². The van der Waals surface area contributed by atoms with Crippen molar-refractivity contribution in [2.75, 3.05) is 6.26 Å². The first-order valence-corrected chi connectivity index (χ1v) is 7.45. The Morgan fingerprint density at radius 3 is 1.44 bits per heavy atom. The Kier molecular flexibility index (Phi) is 8.07. The molecule has 0 atom stereocenters. The van der Waals surface area contributed by atoms with E-state index in [1.165, 1.54) is 12.1 Å². The summed E-state index contributed by atoms with van der Waals surface area (Å²) in [6, 6.07) is 5.99. The van der Waals surface area contributed by atoms with Crippen LogP contribution in [0.25, 0.3) is 0 Å². The van der Waals surface area contributed by atoms with E-state index in [-0.39, 0.29) is 4.90 Å². The van der Waals surface area contributed by atoms with Crippen LogP contribution in [0.2, 0.25) is 0 Å². The maximum Gasteiger partial charge on any atom is 0.294 e. The van der Waals surface area contributed by atoms with Gasteiger partial charge in [0.2, 0.25) is 0 Å². The quantitative estimate of drug-likeness (QED) is 0.568. The van der Waals surface area contributed by atoms with Crippen molar-refractivity contribution < 1.29 is 25.9 Å². The largest absolute Gasteiger partial charge is 0.294 e. The molecular formula is C8H12N2O6S2. The summed E-state index contributed by atoms with van der Waals surface area (Å²) in [6.07, 6.45) is 0.715. The summed E-state index contributed by atoms with van der Waals surface area (Å²) in [7, 11) is -7.69. The van der Waals surface area contributed by atoms with Gasteiger partial charge in [-0.1, -0.05) is 17.7 Å². The van der Waals surface area contributed by atoms with Crippen LogP contribution in [0.1, 0.15) is 5.56 Å². The van der Waals surface area contributed by atoms with Crippen molar-refractivity contribution in [3.05, 3.63) is 29.8 Å². The molecule has 0 saturated heterocycles. The molecule has 0 saturated carbocycles. The van der Waals surface area contributed by atoms with E-state index in [4.69, 9.17) is 19.9 Å². The predicted molar refractivity (Wildman–Crippen MR) is 61.9 cm³/mol. The second kappa shape index (κ2) is 7.72. The highest BCUT2D eigenvalue weighted by atomic mass is 32.2. The van der Waals surface area contributed by atoms with Crippen molar-refractivity contribution >= 4 is 20.2 Å². The van der Waals surface area contributed by atoms with Crippen LogP contribution in [0.3, 0.4) is 0 Å². The fraction of sp³-hybridized carbons (Fsp3) is 0.250. The van der Waals surface area contributed by atoms with Gasteiger partial charge in [0.05, 0.1) is 11.2 Å². The molecule has 0 bridgehead atoms. The van der Waals surface area contributed by atoms with Crippen LogP contribution in [0.15, 0.2) is 29.2 Å². The second-order valence-electron chi connectivity index (χ2n) is 3.02. The topological polar surface area (TPSA) is 156 Å². The van der Waals surface area contributed by atoms with Crippen LogP contribution in [0.4, 0.5) is 0 Å². The molecule has 0 amide bonds. The molecule has 1 aromatic rings. The van der Waals surface area contributed by atoms with Crippen molar-refractivity contribution in [2.45, 2.75) is 11.8 Å². The summed E-state index contributed by atoms with van der Waals surface area (Å²) in [5.41, 5.74) is 0.956. The Labute approximate surface area is 105 Å². The van der Waals surface area contributed by atoms with Crippen LogP contribution in [0, 0.1) is 17.7 Å². The van der Waals surface area contributed by atoms with Crippen molar-refractivity contribution in [3.8, 4) is 0 Å². The van der Waals surface area contributed by atoms with Gasteiger partial charge in [-0.3, -0.25) is 9.11 Å². The van der Waals surface area contributed by atoms with Crippen LogP contribution in [0.5, 0.6) is 0 Å². The molecule has 1 aromatic carbocycles. The number of nitrogens with zero attached hydrogens (tertiary/aromatic N) is 2. The average Bonchev–Trinajstić information content (AvgIpc) is 2.17. The highest BCUT2D eigenvalue weighted by molar-refractivity contribution is 7.85. The van der Waals surface area contributed by atoms with Crippen molar-refractivity contribution in [3.63, 3.8) is 0 Å². The summed E-state index contributed by atoms with van der Waals surface area (Å²) in [5.74, 6) is 0. The third kappa shape index (κ3) is 12.5. The smallest absolute Gasteiger partial charge is 0.286 e. The Hall–Kier alpha value is -1.54. The lowest BCUT2D eigenvalue weighted by Crippen LogP contribution is -1.96. The lowest BCUT2D eigenvalue weighted by atomic mass is 10.2. The first kappa shape index (κ1) is 18.8. The fourth-order valence-electron chi connectivity index (χ4n) is 0.710. The second-order valence-corrected chi connectivity index (χ2v) is 5.91. The van der Waals surface area contributed by atoms with E-state index < -0.39 is 20.2 Å². The van der Waals surface area contributed by atoms with Gasteiger partial charge >= 0.3 is 0 Å². The third-order valence-electron chi connectivity index (χ3n) is 1.32. The zero-order chi connectivity index (χ0) is 15.0. The van der Waals surface area contributed by atoms with Gasteiger partial charge in [0.1, 0.15) is 0 Å². The molecule has 102 valence electrons. The van der Waals surface area contributed by atoms with E-state index >= 15 is 0 Å². The monoisotopic (exact) mass is 296 g/mol. The van der Waals surface area contributed by atoms with Gasteiger partial charge in [-0.15, -0.1) is 0 Å². The van der Waals surface area contributed by atoms with Gasteiger partial charge in [0, 0.05) is 10.8 Å². The lowest BCUT2D eigenvalue weighted by Gasteiger charge is -1.95. The van der Waals surface area contributed by atoms with Crippen molar-refractivity contribution in [2.24, 2.45) is 0 Å². The molecule has 0 aliphatic heterocycles. The number of hydrogen-bond donors (Lipinski definition) is 2. The minimum atomic E-state index is -4.02. The Balaban J connectivity index is 0. The number of benzene rings is 1. The standard InChI is InChI=1S/C7H8O3S.CH4O3S.N2/c1-6-2-4-7(5-3-6)11(8,9)10;1-5(2,3)4;1-2/h2-5H,1H3,(H,8,9,10);1H3,(H,2,3,4);. The predicted octanol–water partition coefficient (Wildman–Crippen LogP) is 0.776. The normalized spacial score (nSPS) is 10.3. The molecule has 8 nitrogen and oxygen atoms in total. The first-order valence-electron chi connectivity index (χ1n) is 4.17. The van der Waals surface area contributed by atoms with Gasteiger partial charge in [-0.2, -0.15) is 16.8 Å². The van der Waals surface area contributed by atoms with E-state index in [2.05, 4.69) is 0 Å². The molecule has 0 radical (unpaired) electrons. The number of rotatable bonds is 1. The minimum Gasteiger partial charge on any atom is -0.286 e. The number of hydrogen-bond acceptors (Lipinski definition) is 6. The van der Waals surface area contributed by atoms with Gasteiger partial charge in [-0.05, 0) is 19.1 Å². The summed E-state index contributed by atoms with van der Waals surface area (Å²) in [6.45, 7) is 1.84. The molecule has 0 fully saturated rings. The van der Waals surface area contributed by atoms with E-state index in [1.54, 1.807) is 12.1 Å². The maximum absolute atomic E-state index is 10.5. The molecule has 0 spiro atoms. The van der Waals surface area contributed by atoms with E-state index in [0.29, 0.717) is 6.26 Å². The zero-order valence-electron chi connectivity index (χ0n) is 9.55. The molecule has 0 aliphatic rings. The molecule has 0 aliphatic carbocycles. The third-order valence-corrected chi connectivity index (χ3v) is 2.19. The van der Waals surface area contributed by atoms with Crippen LogP contribution >= 0.6 is 0 Å². The van der Waals surface area contributed by atoms with Gasteiger partial charge in [0.25, 0.3) is 20.2 Å². The molecule has 0 unspecified atom stereocenters. The van der Waals surface area contributed by atoms with Crippen molar-refractivity contribution in [1.29, 1.82) is 10.8 Å². The van der Waals surface area contributed by atoms with Crippen LogP contribution < -0.4 is 0 Å². The molecule has 1 rings (SSSR count). The summed E-state index contributed by atoms with van der Waals surface area (Å²) in [4.78, 5) is -0.0666. The Bertz CT molecular complexity index is 566. The maximum atomic E-state index is 10.5. The Morgan fingerprint density at radius 2 is 1.22 bits per heavy atom. The first-order chi connectivity index (χ1) is 8.00. The highest BCUT2D eigenvalue weighted by Crippen LogP contribution is 2.08. The van der Waals surface area contributed by atoms with Gasteiger partial charge in [-0.25, -0.2) is 0 Å². The molecule has 10 heteroatoms. The molecule has 18 heavy (non-hydrogen) atoms. The van der Waals surface area contributed by atoms with E-state index in [9.17, 15) is 16.8 Å². The molecular weight excluding hydrogens is 284 g/mol. The number of aryl methyl sites for hydroxylation is 1. The molecule has 0 heterocycles. The molecule has 2 N–H and O–H groups in total. The van der Waals surface area contributed by atoms with E-state index in [0.717, 1.165) is 5.56 Å². The van der Waals surface area contributed by atoms with Crippen LogP contribution in [-0.2, 0) is 20.2 Å². The minimum absolute atomic E-state index is 0.0666. The summed E-state index contributed by atoms with van der Waals surface area (Å²) in [5, 5.41) is 12.0. The lowest BCUT2D eigenvalue weighted by molar-refractivity contribution is 0.482.